The standard InChI is InChI=1S/C21H27N3O2/c1-3-26-21-7-5-4-6-20(21)24-14-12-23(13-15-24)16-18-8-10-19(11-9-18)22-17(2)25/h4-11H,3,12-16H2,1-2H3,(H,22,25). The minimum Gasteiger partial charge on any atom is -0.492 e. The van der Waals surface area contributed by atoms with Crippen molar-refractivity contribution >= 4 is 17.3 Å². The van der Waals surface area contributed by atoms with Crippen LogP contribution < -0.4 is 15.0 Å². The van der Waals surface area contributed by atoms with Gasteiger partial charge in [0.15, 0.2) is 0 Å². The number of nitrogens with one attached hydrogen (secondary N) is 1. The van der Waals surface area contributed by atoms with E-state index >= 15 is 0 Å². The third-order valence-electron chi connectivity index (χ3n) is 4.56. The Morgan fingerprint density at radius 1 is 1.04 bits per heavy atom. The second kappa shape index (κ2) is 8.72. The number of amides is 1. The zero-order valence-electron chi connectivity index (χ0n) is 15.6. The number of carbonyl (C=O) groups excluding carboxylic acids is 1. The molecular formula is C21H27N3O2. The highest BCUT2D eigenvalue weighted by molar-refractivity contribution is 5.88. The summed E-state index contributed by atoms with van der Waals surface area (Å²) in [6.07, 6.45) is 0. The Kier molecular flexibility index (Phi) is 6.12. The number of para-hydroxylation sites is 2. The first-order chi connectivity index (χ1) is 12.7. The smallest absolute Gasteiger partial charge is 0.221 e. The summed E-state index contributed by atoms with van der Waals surface area (Å²) in [6, 6.07) is 16.4. The highest BCUT2D eigenvalue weighted by atomic mass is 16.5. The lowest BCUT2D eigenvalue weighted by atomic mass is 10.1. The van der Waals surface area contributed by atoms with Crippen LogP contribution in [-0.2, 0) is 11.3 Å². The minimum absolute atomic E-state index is 0.0406. The van der Waals surface area contributed by atoms with E-state index in [1.165, 1.54) is 18.2 Å². The van der Waals surface area contributed by atoms with Crippen molar-refractivity contribution in [1.82, 2.24) is 4.90 Å². The molecule has 138 valence electrons. The molecule has 5 heteroatoms. The maximum Gasteiger partial charge on any atom is 0.221 e. The van der Waals surface area contributed by atoms with Crippen LogP contribution in [0.5, 0.6) is 5.75 Å². The van der Waals surface area contributed by atoms with Crippen molar-refractivity contribution in [3.05, 3.63) is 54.1 Å². The summed E-state index contributed by atoms with van der Waals surface area (Å²) < 4.78 is 5.77. The summed E-state index contributed by atoms with van der Waals surface area (Å²) >= 11 is 0. The monoisotopic (exact) mass is 353 g/mol. The summed E-state index contributed by atoms with van der Waals surface area (Å²) in [7, 11) is 0. The summed E-state index contributed by atoms with van der Waals surface area (Å²) in [5, 5.41) is 2.80. The Bertz CT molecular complexity index is 722. The predicted molar refractivity (Wildman–Crippen MR) is 106 cm³/mol. The molecule has 2 aromatic carbocycles. The molecular weight excluding hydrogens is 326 g/mol. The Hall–Kier alpha value is -2.53. The van der Waals surface area contributed by atoms with Gasteiger partial charge >= 0.3 is 0 Å². The Morgan fingerprint density at radius 2 is 1.73 bits per heavy atom. The van der Waals surface area contributed by atoms with Gasteiger partial charge in [0, 0.05) is 45.3 Å². The van der Waals surface area contributed by atoms with Crippen LogP contribution in [0.15, 0.2) is 48.5 Å². The number of anilines is 2. The molecule has 2 aromatic rings. The molecule has 1 saturated heterocycles. The first-order valence-electron chi connectivity index (χ1n) is 9.21. The van der Waals surface area contributed by atoms with Gasteiger partial charge < -0.3 is 15.0 Å². The topological polar surface area (TPSA) is 44.8 Å². The molecule has 1 aliphatic rings. The molecule has 0 aromatic heterocycles. The normalized spacial score (nSPS) is 14.9. The van der Waals surface area contributed by atoms with E-state index in [-0.39, 0.29) is 5.91 Å². The lowest BCUT2D eigenvalue weighted by Crippen LogP contribution is -2.46. The van der Waals surface area contributed by atoms with Gasteiger partial charge in [-0.05, 0) is 36.8 Å². The maximum atomic E-state index is 11.1. The average Bonchev–Trinajstić information content (AvgIpc) is 2.64. The number of ether oxygens (including phenoxy) is 1. The highest BCUT2D eigenvalue weighted by Crippen LogP contribution is 2.29. The molecule has 5 nitrogen and oxygen atoms in total. The fraction of sp³-hybridized carbons (Fsp3) is 0.381. The third kappa shape index (κ3) is 4.76. The van der Waals surface area contributed by atoms with Crippen molar-refractivity contribution in [2.24, 2.45) is 0 Å². The van der Waals surface area contributed by atoms with Gasteiger partial charge in [-0.3, -0.25) is 9.69 Å². The molecule has 1 N–H and O–H groups in total. The second-order valence-corrected chi connectivity index (χ2v) is 6.54. The van der Waals surface area contributed by atoms with Crippen LogP contribution in [0.4, 0.5) is 11.4 Å². The van der Waals surface area contributed by atoms with Crippen molar-refractivity contribution in [2.75, 3.05) is 43.0 Å². The molecule has 0 aliphatic carbocycles. The van der Waals surface area contributed by atoms with Gasteiger partial charge in [-0.1, -0.05) is 24.3 Å². The quantitative estimate of drug-likeness (QED) is 0.865. The van der Waals surface area contributed by atoms with Crippen LogP contribution in [0.25, 0.3) is 0 Å². The van der Waals surface area contributed by atoms with Crippen LogP contribution in [0.2, 0.25) is 0 Å². The van der Waals surface area contributed by atoms with E-state index in [2.05, 4.69) is 39.4 Å². The Labute approximate surface area is 155 Å². The van der Waals surface area contributed by atoms with Crippen LogP contribution in [0, 0.1) is 0 Å². The van der Waals surface area contributed by atoms with E-state index in [0.717, 1.165) is 44.2 Å². The largest absolute Gasteiger partial charge is 0.492 e. The maximum absolute atomic E-state index is 11.1. The zero-order chi connectivity index (χ0) is 18.4. The summed E-state index contributed by atoms with van der Waals surface area (Å²) in [4.78, 5) is 16.0. The molecule has 0 bridgehead atoms. The Morgan fingerprint density at radius 3 is 2.38 bits per heavy atom. The number of rotatable bonds is 6. The van der Waals surface area contributed by atoms with Gasteiger partial charge in [0.25, 0.3) is 0 Å². The molecule has 0 saturated carbocycles. The van der Waals surface area contributed by atoms with E-state index < -0.39 is 0 Å². The number of carbonyl (C=O) groups is 1. The van der Waals surface area contributed by atoms with Gasteiger partial charge in [0.2, 0.25) is 5.91 Å². The van der Waals surface area contributed by atoms with Crippen molar-refractivity contribution in [1.29, 1.82) is 0 Å². The fourth-order valence-electron chi connectivity index (χ4n) is 3.30. The number of benzene rings is 2. The van der Waals surface area contributed by atoms with Crippen molar-refractivity contribution in [3.8, 4) is 5.75 Å². The summed E-state index contributed by atoms with van der Waals surface area (Å²) in [6.45, 7) is 9.19. The minimum atomic E-state index is -0.0406. The van der Waals surface area contributed by atoms with E-state index in [1.807, 2.05) is 31.2 Å². The first-order valence-corrected chi connectivity index (χ1v) is 9.21. The molecule has 1 aliphatic heterocycles. The van der Waals surface area contributed by atoms with Crippen LogP contribution >= 0.6 is 0 Å². The SMILES string of the molecule is CCOc1ccccc1N1CCN(Cc2ccc(NC(C)=O)cc2)CC1. The molecule has 0 atom stereocenters. The molecule has 26 heavy (non-hydrogen) atoms. The third-order valence-corrected chi connectivity index (χ3v) is 4.56. The van der Waals surface area contributed by atoms with Crippen LogP contribution in [-0.4, -0.2) is 43.6 Å². The average molecular weight is 353 g/mol. The molecule has 0 radical (unpaired) electrons. The molecule has 0 spiro atoms. The Balaban J connectivity index is 1.55. The lowest BCUT2D eigenvalue weighted by Gasteiger charge is -2.36. The van der Waals surface area contributed by atoms with Gasteiger partial charge in [-0.25, -0.2) is 0 Å². The molecule has 1 heterocycles. The van der Waals surface area contributed by atoms with Crippen LogP contribution in [0.3, 0.4) is 0 Å². The van der Waals surface area contributed by atoms with E-state index in [4.69, 9.17) is 4.74 Å². The predicted octanol–water partition coefficient (Wildman–Crippen LogP) is 3.37. The molecule has 1 fully saturated rings. The van der Waals surface area contributed by atoms with Gasteiger partial charge in [0.05, 0.1) is 12.3 Å². The molecule has 3 rings (SSSR count). The molecule has 1 amide bonds. The number of hydrogen-bond acceptors (Lipinski definition) is 4. The number of piperazine rings is 1. The van der Waals surface area contributed by atoms with E-state index in [1.54, 1.807) is 0 Å². The number of nitrogens with zero attached hydrogens (tertiary/aromatic N) is 2. The van der Waals surface area contributed by atoms with Gasteiger partial charge in [0.1, 0.15) is 5.75 Å². The first kappa shape index (κ1) is 18.3. The van der Waals surface area contributed by atoms with Gasteiger partial charge in [-0.2, -0.15) is 0 Å². The highest BCUT2D eigenvalue weighted by Gasteiger charge is 2.19. The number of hydrogen-bond donors (Lipinski definition) is 1. The fourth-order valence-corrected chi connectivity index (χ4v) is 3.30. The van der Waals surface area contributed by atoms with E-state index in [0.29, 0.717) is 6.61 Å². The van der Waals surface area contributed by atoms with Crippen LogP contribution in [0.1, 0.15) is 19.4 Å². The van der Waals surface area contributed by atoms with Crippen molar-refractivity contribution in [3.63, 3.8) is 0 Å². The van der Waals surface area contributed by atoms with Crippen molar-refractivity contribution in [2.45, 2.75) is 20.4 Å². The van der Waals surface area contributed by atoms with E-state index in [9.17, 15) is 4.79 Å². The van der Waals surface area contributed by atoms with Gasteiger partial charge in [-0.15, -0.1) is 0 Å². The summed E-state index contributed by atoms with van der Waals surface area (Å²) in [5.74, 6) is 0.929. The molecule has 0 unspecified atom stereocenters. The zero-order valence-corrected chi connectivity index (χ0v) is 15.6. The summed E-state index contributed by atoms with van der Waals surface area (Å²) in [5.41, 5.74) is 3.30. The second-order valence-electron chi connectivity index (χ2n) is 6.54. The lowest BCUT2D eigenvalue weighted by molar-refractivity contribution is -0.114. The van der Waals surface area contributed by atoms with Crippen molar-refractivity contribution < 1.29 is 9.53 Å².